The molecule has 12 heteroatoms. The van der Waals surface area contributed by atoms with E-state index in [1.165, 1.54) is 37.4 Å². The minimum absolute atomic E-state index is 0.0764. The number of esters is 1. The molecule has 0 saturated heterocycles. The highest BCUT2D eigenvalue weighted by atomic mass is 35.5. The quantitative estimate of drug-likeness (QED) is 0.301. The van der Waals surface area contributed by atoms with Crippen molar-refractivity contribution >= 4 is 29.2 Å². The van der Waals surface area contributed by atoms with Gasteiger partial charge in [0.25, 0.3) is 0 Å². The Labute approximate surface area is 224 Å². The molecule has 0 fully saturated rings. The summed E-state index contributed by atoms with van der Waals surface area (Å²) in [7, 11) is 1.24. The van der Waals surface area contributed by atoms with Crippen LogP contribution in [0.5, 0.6) is 0 Å². The average Bonchev–Trinajstić information content (AvgIpc) is 3.18. The Morgan fingerprint density at radius 1 is 1.05 bits per heavy atom. The number of methoxy groups -OCH3 is 1. The Kier molecular flexibility index (Phi) is 7.96. The van der Waals surface area contributed by atoms with Crippen molar-refractivity contribution in [3.63, 3.8) is 0 Å². The van der Waals surface area contributed by atoms with E-state index in [1.54, 1.807) is 36.4 Å². The molecule has 0 spiro atoms. The molecule has 4 rings (SSSR count). The minimum atomic E-state index is -4.94. The van der Waals surface area contributed by atoms with Crippen LogP contribution in [-0.4, -0.2) is 44.8 Å². The maximum atomic E-state index is 13.2. The smallest absolute Gasteiger partial charge is 0.416 e. The third kappa shape index (κ3) is 5.77. The lowest BCUT2D eigenvalue weighted by Gasteiger charge is -2.15. The molecule has 3 aromatic carbocycles. The van der Waals surface area contributed by atoms with Gasteiger partial charge in [-0.05, 0) is 53.6 Å². The fourth-order valence-corrected chi connectivity index (χ4v) is 4.21. The van der Waals surface area contributed by atoms with Crippen molar-refractivity contribution in [2.75, 3.05) is 7.11 Å². The Balaban J connectivity index is 1.80. The molecule has 1 atom stereocenters. The van der Waals surface area contributed by atoms with Gasteiger partial charge in [-0.25, -0.2) is 14.3 Å². The van der Waals surface area contributed by atoms with E-state index in [-0.39, 0.29) is 17.9 Å². The predicted molar refractivity (Wildman–Crippen MR) is 136 cm³/mol. The van der Waals surface area contributed by atoms with Crippen molar-refractivity contribution in [3.05, 3.63) is 98.4 Å². The summed E-state index contributed by atoms with van der Waals surface area (Å²) in [4.78, 5) is 25.6. The van der Waals surface area contributed by atoms with Gasteiger partial charge in [0.2, 0.25) is 0 Å². The molecular weight excluding hydrogens is 546 g/mol. The van der Waals surface area contributed by atoms with Crippen molar-refractivity contribution in [1.29, 1.82) is 0 Å². The molecule has 0 unspecified atom stereocenters. The molecule has 4 aromatic rings. The number of nitrogens with zero attached hydrogens (tertiary/aromatic N) is 3. The lowest BCUT2D eigenvalue weighted by Crippen LogP contribution is -2.37. The summed E-state index contributed by atoms with van der Waals surface area (Å²) in [6.45, 7) is -1.19. The van der Waals surface area contributed by atoms with Crippen molar-refractivity contribution in [1.82, 2.24) is 14.3 Å². The topological polar surface area (TPSA) is 86.3 Å². The van der Waals surface area contributed by atoms with Crippen LogP contribution in [0.4, 0.5) is 13.2 Å². The number of hydrogen-bond acceptors (Lipinski definition) is 5. The summed E-state index contributed by atoms with van der Waals surface area (Å²) in [6, 6.07) is 17.6. The lowest BCUT2D eigenvalue weighted by atomic mass is 9.97. The summed E-state index contributed by atoms with van der Waals surface area (Å²) in [5.41, 5.74) is 1.20. The molecule has 0 radical (unpaired) electrons. The lowest BCUT2D eigenvalue weighted by molar-refractivity contribution is -0.207. The third-order valence-corrected chi connectivity index (χ3v) is 6.33. The first kappa shape index (κ1) is 27.4. The number of alkyl halides is 3. The number of carbonyl (C=O) groups excluding carboxylic acids is 1. The van der Waals surface area contributed by atoms with Crippen molar-refractivity contribution in [2.45, 2.75) is 25.4 Å². The van der Waals surface area contributed by atoms with E-state index in [4.69, 9.17) is 27.9 Å². The highest BCUT2D eigenvalue weighted by Gasteiger charge is 2.39. The van der Waals surface area contributed by atoms with Gasteiger partial charge in [-0.1, -0.05) is 47.5 Å². The number of aromatic nitrogens is 3. The Bertz CT molecular complexity index is 1530. The molecular formula is C26H20Cl2F3N3O4. The number of hydrogen-bond donors (Lipinski definition) is 1. The molecule has 0 amide bonds. The van der Waals surface area contributed by atoms with Crippen molar-refractivity contribution in [3.8, 4) is 22.5 Å². The molecule has 0 bridgehead atoms. The highest BCUT2D eigenvalue weighted by molar-refractivity contribution is 6.33. The first-order valence-electron chi connectivity index (χ1n) is 11.1. The zero-order valence-corrected chi connectivity index (χ0v) is 21.3. The largest absolute Gasteiger partial charge is 0.465 e. The van der Waals surface area contributed by atoms with E-state index in [0.717, 1.165) is 9.25 Å². The molecule has 0 saturated carbocycles. The molecule has 1 heterocycles. The predicted octanol–water partition coefficient (Wildman–Crippen LogP) is 5.44. The number of rotatable bonds is 7. The van der Waals surface area contributed by atoms with Crippen LogP contribution in [0, 0.1) is 0 Å². The molecule has 1 aromatic heterocycles. The molecule has 0 aliphatic rings. The van der Waals surface area contributed by atoms with E-state index in [1.807, 2.05) is 0 Å². The highest BCUT2D eigenvalue weighted by Crippen LogP contribution is 2.32. The Hall–Kier alpha value is -3.60. The number of halogens is 5. The molecule has 0 aliphatic heterocycles. The van der Waals surface area contributed by atoms with Gasteiger partial charge in [-0.15, -0.1) is 5.10 Å². The summed E-state index contributed by atoms with van der Waals surface area (Å²) >= 11 is 12.3. The van der Waals surface area contributed by atoms with Crippen molar-refractivity contribution in [2.24, 2.45) is 0 Å². The van der Waals surface area contributed by atoms with Crippen LogP contribution in [0.2, 0.25) is 10.0 Å². The van der Waals surface area contributed by atoms with Gasteiger partial charge in [0.15, 0.2) is 11.9 Å². The summed E-state index contributed by atoms with van der Waals surface area (Å²) < 4.78 is 46.0. The van der Waals surface area contributed by atoms with Crippen LogP contribution < -0.4 is 5.69 Å². The average molecular weight is 566 g/mol. The van der Waals surface area contributed by atoms with Crippen molar-refractivity contribution < 1.29 is 27.8 Å². The molecule has 38 heavy (non-hydrogen) atoms. The SMILES string of the molecule is COC(=O)c1ccc(Cn2nc(-c3ccc(Cl)cc3)n(C[C@H](O)C(F)(F)F)c2=O)cc1-c1ccccc1Cl. The van der Waals surface area contributed by atoms with Crippen LogP contribution in [0.1, 0.15) is 15.9 Å². The van der Waals surface area contributed by atoms with E-state index in [9.17, 15) is 27.9 Å². The Morgan fingerprint density at radius 2 is 1.74 bits per heavy atom. The maximum absolute atomic E-state index is 13.2. The summed E-state index contributed by atoms with van der Waals surface area (Å²) in [5.74, 6) is -0.674. The second-order valence-electron chi connectivity index (χ2n) is 8.29. The second kappa shape index (κ2) is 11.0. The molecule has 7 nitrogen and oxygen atoms in total. The van der Waals surface area contributed by atoms with Gasteiger partial charge >= 0.3 is 17.8 Å². The van der Waals surface area contributed by atoms with Crippen LogP contribution in [0.15, 0.2) is 71.5 Å². The standard InChI is InChI=1S/C26H20Cl2F3N3O4/c1-38-24(36)19-11-6-15(12-20(19)18-4-2-3-5-21(18)28)13-34-25(37)33(14-22(35)26(29,30)31)23(32-34)16-7-9-17(27)10-8-16/h2-12,22,35H,13-14H2,1H3/t22-/m0/s1. The number of aliphatic hydroxyl groups excluding tert-OH is 1. The van der Waals surface area contributed by atoms with Gasteiger partial charge < -0.3 is 9.84 Å². The molecule has 0 aliphatic carbocycles. The number of carbonyl (C=O) groups is 1. The van der Waals surface area contributed by atoms with E-state index in [2.05, 4.69) is 5.10 Å². The minimum Gasteiger partial charge on any atom is -0.465 e. The van der Waals surface area contributed by atoms with Gasteiger partial charge in [-0.2, -0.15) is 13.2 Å². The first-order chi connectivity index (χ1) is 18.0. The summed E-state index contributed by atoms with van der Waals surface area (Å²) in [5, 5.41) is 14.7. The number of ether oxygens (including phenoxy) is 1. The fourth-order valence-electron chi connectivity index (χ4n) is 3.85. The van der Waals surface area contributed by atoms with Crippen LogP contribution in [-0.2, 0) is 17.8 Å². The van der Waals surface area contributed by atoms with E-state index in [0.29, 0.717) is 32.3 Å². The first-order valence-corrected chi connectivity index (χ1v) is 11.9. The maximum Gasteiger partial charge on any atom is 0.416 e. The van der Waals surface area contributed by atoms with Gasteiger partial charge in [0, 0.05) is 21.2 Å². The van der Waals surface area contributed by atoms with Gasteiger partial charge in [0.05, 0.1) is 25.8 Å². The Morgan fingerprint density at radius 3 is 2.37 bits per heavy atom. The number of aliphatic hydroxyl groups is 1. The summed E-state index contributed by atoms with van der Waals surface area (Å²) in [6.07, 6.45) is -7.72. The van der Waals surface area contributed by atoms with Crippen LogP contribution >= 0.6 is 23.2 Å². The van der Waals surface area contributed by atoms with E-state index < -0.39 is 30.5 Å². The monoisotopic (exact) mass is 565 g/mol. The van der Waals surface area contributed by atoms with Crippen LogP contribution in [0.25, 0.3) is 22.5 Å². The fraction of sp³-hybridized carbons (Fsp3) is 0.192. The normalized spacial score (nSPS) is 12.4. The second-order valence-corrected chi connectivity index (χ2v) is 9.13. The molecule has 1 N–H and O–H groups in total. The zero-order valence-electron chi connectivity index (χ0n) is 19.7. The zero-order chi connectivity index (χ0) is 27.6. The van der Waals surface area contributed by atoms with Gasteiger partial charge in [0.1, 0.15) is 0 Å². The van der Waals surface area contributed by atoms with Crippen LogP contribution in [0.3, 0.4) is 0 Å². The molecule has 198 valence electrons. The van der Waals surface area contributed by atoms with Gasteiger partial charge in [-0.3, -0.25) is 4.57 Å². The number of benzene rings is 3. The third-order valence-electron chi connectivity index (χ3n) is 5.74. The van der Waals surface area contributed by atoms with E-state index >= 15 is 0 Å².